The molecular formula is C16H8N4O4. The lowest BCUT2D eigenvalue weighted by atomic mass is 10.1. The van der Waals surface area contributed by atoms with Gasteiger partial charge in [-0.15, -0.1) is 0 Å². The van der Waals surface area contributed by atoms with Crippen molar-refractivity contribution in [2.24, 2.45) is 0 Å². The number of pyridine rings is 2. The quantitative estimate of drug-likeness (QED) is 0.538. The van der Waals surface area contributed by atoms with Crippen molar-refractivity contribution in [3.8, 4) is 0 Å². The fraction of sp³-hybridized carbons (Fsp3) is 0. The van der Waals surface area contributed by atoms with Crippen LogP contribution in [0.15, 0.2) is 36.7 Å². The van der Waals surface area contributed by atoms with Crippen LogP contribution >= 0.6 is 0 Å². The SMILES string of the molecule is O=C(O)c1nc2c3cccnc3c3ncccc3c2nc1C(=O)O. The second-order valence-electron chi connectivity index (χ2n) is 5.03. The predicted molar refractivity (Wildman–Crippen MR) is 84.1 cm³/mol. The summed E-state index contributed by atoms with van der Waals surface area (Å²) >= 11 is 0. The third-order valence-corrected chi connectivity index (χ3v) is 3.65. The van der Waals surface area contributed by atoms with Crippen molar-refractivity contribution in [3.63, 3.8) is 0 Å². The normalized spacial score (nSPS) is 11.2. The molecule has 3 aromatic heterocycles. The van der Waals surface area contributed by atoms with E-state index in [-0.39, 0.29) is 11.0 Å². The molecule has 24 heavy (non-hydrogen) atoms. The molecule has 4 rings (SSSR count). The van der Waals surface area contributed by atoms with Crippen molar-refractivity contribution in [1.29, 1.82) is 0 Å². The average Bonchev–Trinajstić information content (AvgIpc) is 2.60. The molecule has 0 aliphatic rings. The van der Waals surface area contributed by atoms with Crippen LogP contribution < -0.4 is 0 Å². The highest BCUT2D eigenvalue weighted by Gasteiger charge is 2.23. The van der Waals surface area contributed by atoms with Crippen LogP contribution in [0.1, 0.15) is 21.0 Å². The van der Waals surface area contributed by atoms with Gasteiger partial charge in [0.05, 0.1) is 22.1 Å². The van der Waals surface area contributed by atoms with Crippen molar-refractivity contribution >= 4 is 44.8 Å². The van der Waals surface area contributed by atoms with Crippen LogP contribution in [-0.4, -0.2) is 42.1 Å². The summed E-state index contributed by atoms with van der Waals surface area (Å²) in [5, 5.41) is 19.7. The number of carbonyl (C=O) groups is 2. The highest BCUT2D eigenvalue weighted by Crippen LogP contribution is 2.31. The van der Waals surface area contributed by atoms with E-state index in [2.05, 4.69) is 19.9 Å². The lowest BCUT2D eigenvalue weighted by molar-refractivity contribution is 0.0642. The van der Waals surface area contributed by atoms with Gasteiger partial charge in [0.15, 0.2) is 11.4 Å². The molecule has 0 saturated carbocycles. The van der Waals surface area contributed by atoms with Gasteiger partial charge in [0, 0.05) is 23.2 Å². The summed E-state index contributed by atoms with van der Waals surface area (Å²) in [5.74, 6) is -2.91. The minimum Gasteiger partial charge on any atom is -0.476 e. The molecule has 1 aromatic carbocycles. The molecule has 0 unspecified atom stereocenters. The first-order chi connectivity index (χ1) is 11.6. The number of hydrogen-bond acceptors (Lipinski definition) is 6. The Kier molecular flexibility index (Phi) is 2.86. The van der Waals surface area contributed by atoms with E-state index in [1.807, 2.05) is 0 Å². The van der Waals surface area contributed by atoms with E-state index < -0.39 is 23.3 Å². The Bertz CT molecular complexity index is 1080. The Morgan fingerprint density at radius 2 is 1.12 bits per heavy atom. The summed E-state index contributed by atoms with van der Waals surface area (Å²) in [7, 11) is 0. The molecule has 4 aromatic rings. The van der Waals surface area contributed by atoms with Crippen molar-refractivity contribution in [1.82, 2.24) is 19.9 Å². The molecule has 0 aliphatic carbocycles. The highest BCUT2D eigenvalue weighted by molar-refractivity contribution is 6.21. The van der Waals surface area contributed by atoms with Crippen molar-refractivity contribution in [2.75, 3.05) is 0 Å². The molecular weight excluding hydrogens is 312 g/mol. The molecule has 8 heteroatoms. The zero-order valence-corrected chi connectivity index (χ0v) is 12.0. The van der Waals surface area contributed by atoms with E-state index in [0.29, 0.717) is 21.8 Å². The molecule has 0 saturated heterocycles. The van der Waals surface area contributed by atoms with Crippen LogP contribution in [0.25, 0.3) is 32.8 Å². The first kappa shape index (κ1) is 13.9. The maximum Gasteiger partial charge on any atom is 0.357 e. The highest BCUT2D eigenvalue weighted by atomic mass is 16.4. The Balaban J connectivity index is 2.33. The molecule has 0 aliphatic heterocycles. The fourth-order valence-electron chi connectivity index (χ4n) is 2.68. The van der Waals surface area contributed by atoms with Gasteiger partial charge < -0.3 is 10.2 Å². The number of nitrogens with zero attached hydrogens (tertiary/aromatic N) is 4. The largest absolute Gasteiger partial charge is 0.476 e. The zero-order valence-electron chi connectivity index (χ0n) is 12.0. The summed E-state index contributed by atoms with van der Waals surface area (Å²) in [5.41, 5.74) is 0.442. The average molecular weight is 320 g/mol. The Hall–Kier alpha value is -3.68. The molecule has 0 spiro atoms. The summed E-state index contributed by atoms with van der Waals surface area (Å²) in [6.07, 6.45) is 3.19. The number of carboxylic acids is 2. The van der Waals surface area contributed by atoms with Gasteiger partial charge in [-0.25, -0.2) is 19.6 Å². The predicted octanol–water partition coefficient (Wildman–Crippen LogP) is 2.12. The van der Waals surface area contributed by atoms with Crippen molar-refractivity contribution < 1.29 is 19.8 Å². The summed E-state index contributed by atoms with van der Waals surface area (Å²) in [6, 6.07) is 6.81. The van der Waals surface area contributed by atoms with E-state index >= 15 is 0 Å². The van der Waals surface area contributed by atoms with Crippen molar-refractivity contribution in [2.45, 2.75) is 0 Å². The van der Waals surface area contributed by atoms with Crippen molar-refractivity contribution in [3.05, 3.63) is 48.0 Å². The van der Waals surface area contributed by atoms with Gasteiger partial charge in [0.2, 0.25) is 0 Å². The smallest absolute Gasteiger partial charge is 0.357 e. The van der Waals surface area contributed by atoms with Crippen LogP contribution in [0.3, 0.4) is 0 Å². The van der Waals surface area contributed by atoms with Crippen LogP contribution in [0.4, 0.5) is 0 Å². The molecule has 0 radical (unpaired) electrons. The molecule has 0 atom stereocenters. The molecule has 0 fully saturated rings. The molecule has 8 nitrogen and oxygen atoms in total. The third-order valence-electron chi connectivity index (χ3n) is 3.65. The van der Waals surface area contributed by atoms with E-state index in [1.54, 1.807) is 36.7 Å². The number of aromatic nitrogens is 4. The van der Waals surface area contributed by atoms with E-state index in [0.717, 1.165) is 0 Å². The Morgan fingerprint density at radius 3 is 1.50 bits per heavy atom. The Morgan fingerprint density at radius 1 is 0.708 bits per heavy atom. The van der Waals surface area contributed by atoms with Gasteiger partial charge in [0.1, 0.15) is 0 Å². The van der Waals surface area contributed by atoms with Crippen LogP contribution in [0, 0.1) is 0 Å². The topological polar surface area (TPSA) is 126 Å². The first-order valence-corrected chi connectivity index (χ1v) is 6.87. The number of hydrogen-bond donors (Lipinski definition) is 2. The van der Waals surface area contributed by atoms with Gasteiger partial charge in [-0.2, -0.15) is 0 Å². The van der Waals surface area contributed by atoms with E-state index in [4.69, 9.17) is 0 Å². The lowest BCUT2D eigenvalue weighted by Crippen LogP contribution is -2.13. The minimum absolute atomic E-state index is 0.279. The number of aromatic carboxylic acids is 2. The van der Waals surface area contributed by atoms with Gasteiger partial charge in [-0.1, -0.05) is 0 Å². The number of fused-ring (bicyclic) bond motifs is 6. The van der Waals surface area contributed by atoms with Gasteiger partial charge in [-0.3, -0.25) is 9.97 Å². The van der Waals surface area contributed by atoms with Gasteiger partial charge in [0.25, 0.3) is 0 Å². The first-order valence-electron chi connectivity index (χ1n) is 6.87. The van der Waals surface area contributed by atoms with Gasteiger partial charge in [-0.05, 0) is 24.3 Å². The fourth-order valence-corrected chi connectivity index (χ4v) is 2.68. The van der Waals surface area contributed by atoms with Gasteiger partial charge >= 0.3 is 11.9 Å². The third kappa shape index (κ3) is 1.86. The lowest BCUT2D eigenvalue weighted by Gasteiger charge is -2.09. The second-order valence-corrected chi connectivity index (χ2v) is 5.03. The maximum absolute atomic E-state index is 11.4. The monoisotopic (exact) mass is 320 g/mol. The summed E-state index contributed by atoms with van der Waals surface area (Å²) < 4.78 is 0. The number of benzene rings is 1. The van der Waals surface area contributed by atoms with E-state index in [1.165, 1.54) is 0 Å². The minimum atomic E-state index is -1.45. The standard InChI is InChI=1S/C16H8N4O4/c21-15(22)13-14(16(23)24)20-12-8-4-2-6-18-10(8)9-7(11(12)19-13)3-1-5-17-9/h1-6H,(H,21,22)(H,23,24). The van der Waals surface area contributed by atoms with Crippen LogP contribution in [0.2, 0.25) is 0 Å². The maximum atomic E-state index is 11.4. The van der Waals surface area contributed by atoms with Crippen LogP contribution in [-0.2, 0) is 0 Å². The molecule has 0 amide bonds. The zero-order chi connectivity index (χ0) is 16.8. The number of carboxylic acid groups (broad SMARTS) is 2. The second kappa shape index (κ2) is 4.92. The number of rotatable bonds is 2. The molecule has 0 bridgehead atoms. The molecule has 3 heterocycles. The molecule has 2 N–H and O–H groups in total. The summed E-state index contributed by atoms with van der Waals surface area (Å²) in [6.45, 7) is 0. The molecule has 116 valence electrons. The summed E-state index contributed by atoms with van der Waals surface area (Å²) in [4.78, 5) is 39.5. The van der Waals surface area contributed by atoms with Crippen LogP contribution in [0.5, 0.6) is 0 Å². The van der Waals surface area contributed by atoms with E-state index in [9.17, 15) is 19.8 Å². The Labute approximate surface area is 133 Å².